The largest absolute Gasteiger partial charge is 0.454 e. The Bertz CT molecular complexity index is 1490. The summed E-state index contributed by atoms with van der Waals surface area (Å²) in [5.74, 6) is -1.20. The topological polar surface area (TPSA) is 175 Å². The summed E-state index contributed by atoms with van der Waals surface area (Å²) in [6.07, 6.45) is 60.1. The van der Waals surface area contributed by atoms with Crippen LogP contribution in [-0.2, 0) is 23.8 Å². The highest BCUT2D eigenvalue weighted by atomic mass is 16.7. The number of carbonyl (C=O) groups is 2. The molecule has 468 valence electrons. The first-order chi connectivity index (χ1) is 39.2. The molecule has 1 aliphatic heterocycles. The van der Waals surface area contributed by atoms with Crippen molar-refractivity contribution in [1.82, 2.24) is 5.32 Å². The van der Waals surface area contributed by atoms with Crippen LogP contribution in [0.15, 0.2) is 48.6 Å². The van der Waals surface area contributed by atoms with Crippen LogP contribution in [0.25, 0.3) is 0 Å². The number of hydrogen-bond donors (Lipinski definition) is 6. The Kier molecular flexibility index (Phi) is 54.0. The van der Waals surface area contributed by atoms with Gasteiger partial charge in [0.2, 0.25) is 5.91 Å². The van der Waals surface area contributed by atoms with E-state index in [0.717, 1.165) is 77.0 Å². The lowest BCUT2D eigenvalue weighted by atomic mass is 9.99. The number of amides is 1. The minimum atomic E-state index is -1.61. The normalized spacial score (nSPS) is 19.0. The zero-order valence-electron chi connectivity index (χ0n) is 52.0. The van der Waals surface area contributed by atoms with E-state index in [1.54, 1.807) is 6.08 Å². The second-order valence-corrected chi connectivity index (χ2v) is 23.6. The number of unbranched alkanes of at least 4 members (excludes halogenated alkanes) is 39. The zero-order chi connectivity index (χ0) is 58.2. The molecule has 80 heavy (non-hydrogen) atoms. The smallest absolute Gasteiger partial charge is 0.306 e. The van der Waals surface area contributed by atoms with Gasteiger partial charge >= 0.3 is 5.97 Å². The van der Waals surface area contributed by atoms with Gasteiger partial charge in [-0.2, -0.15) is 0 Å². The Morgan fingerprint density at radius 3 is 1.31 bits per heavy atom. The Hall–Kier alpha value is -2.38. The van der Waals surface area contributed by atoms with Gasteiger partial charge in [-0.15, -0.1) is 0 Å². The number of rotatable bonds is 58. The average molecular weight is 1130 g/mol. The molecule has 1 amide bonds. The van der Waals surface area contributed by atoms with Gasteiger partial charge in [0, 0.05) is 6.42 Å². The van der Waals surface area contributed by atoms with Crippen LogP contribution in [0.3, 0.4) is 0 Å². The lowest BCUT2D eigenvalue weighted by Gasteiger charge is -2.41. The first-order valence-electron chi connectivity index (χ1n) is 33.9. The molecule has 0 saturated carbocycles. The van der Waals surface area contributed by atoms with E-state index >= 15 is 0 Å². The maximum absolute atomic E-state index is 13.4. The molecule has 1 rings (SSSR count). The van der Waals surface area contributed by atoms with Crippen molar-refractivity contribution in [2.75, 3.05) is 13.2 Å². The van der Waals surface area contributed by atoms with Gasteiger partial charge in [0.15, 0.2) is 12.4 Å². The van der Waals surface area contributed by atoms with Crippen molar-refractivity contribution in [3.8, 4) is 0 Å². The van der Waals surface area contributed by atoms with Crippen molar-refractivity contribution < 1.29 is 49.3 Å². The van der Waals surface area contributed by atoms with Gasteiger partial charge in [-0.05, 0) is 77.0 Å². The van der Waals surface area contributed by atoms with E-state index in [0.29, 0.717) is 12.8 Å². The molecule has 0 aliphatic carbocycles. The van der Waals surface area contributed by atoms with E-state index in [9.17, 15) is 35.1 Å². The first-order valence-corrected chi connectivity index (χ1v) is 33.9. The van der Waals surface area contributed by atoms with Crippen LogP contribution in [0.2, 0.25) is 0 Å². The summed E-state index contributed by atoms with van der Waals surface area (Å²) in [6.45, 7) is 5.77. The molecule has 0 radical (unpaired) electrons. The molecule has 0 spiro atoms. The maximum Gasteiger partial charge on any atom is 0.306 e. The molecule has 0 aromatic rings. The standard InChI is InChI=1S/C69H127NO10/c1-4-7-10-13-16-19-22-25-27-28-29-30-31-32-33-34-35-36-37-39-42-45-48-51-54-57-64(74)80-67-66(76)65(75)63(58-71)79-69(67)78-59-60(61(72)55-52-49-46-43-40-24-21-18-15-12-9-6-3)70-68(77)62(73)56-53-50-47-44-41-38-26-23-20-17-14-11-8-5-2/h17,20,23,25-27,52,55,60-63,65-67,69,71-73,75-76H,4-16,18-19,21-22,24,28-51,53-54,56-59H2,1-3H3,(H,70,77)/b20-17+,26-23+,27-25+,55-52+. The summed E-state index contributed by atoms with van der Waals surface area (Å²) in [7, 11) is 0. The van der Waals surface area contributed by atoms with Gasteiger partial charge in [-0.1, -0.05) is 281 Å². The molecule has 8 unspecified atom stereocenters. The Morgan fingerprint density at radius 2 is 0.863 bits per heavy atom. The molecular formula is C69H127NO10. The summed E-state index contributed by atoms with van der Waals surface area (Å²) in [4.78, 5) is 26.6. The second-order valence-electron chi connectivity index (χ2n) is 23.6. The molecule has 1 heterocycles. The fourth-order valence-electron chi connectivity index (χ4n) is 10.6. The number of aliphatic hydroxyl groups excluding tert-OH is 5. The van der Waals surface area contributed by atoms with E-state index in [1.807, 2.05) is 6.08 Å². The van der Waals surface area contributed by atoms with Gasteiger partial charge in [-0.3, -0.25) is 9.59 Å². The lowest BCUT2D eigenvalue weighted by Crippen LogP contribution is -2.61. The summed E-state index contributed by atoms with van der Waals surface area (Å²) in [5.41, 5.74) is 0. The molecule has 8 atom stereocenters. The molecule has 11 nitrogen and oxygen atoms in total. The average Bonchev–Trinajstić information content (AvgIpc) is 3.46. The molecule has 0 aromatic carbocycles. The van der Waals surface area contributed by atoms with Gasteiger partial charge in [0.25, 0.3) is 0 Å². The highest BCUT2D eigenvalue weighted by Gasteiger charge is 2.47. The third-order valence-corrected chi connectivity index (χ3v) is 16.0. The van der Waals surface area contributed by atoms with Crippen molar-refractivity contribution in [3.05, 3.63) is 48.6 Å². The highest BCUT2D eigenvalue weighted by Crippen LogP contribution is 2.26. The van der Waals surface area contributed by atoms with E-state index < -0.39 is 67.4 Å². The second kappa shape index (κ2) is 57.1. The number of esters is 1. The number of aliphatic hydroxyl groups is 5. The Labute approximate surface area is 491 Å². The zero-order valence-corrected chi connectivity index (χ0v) is 52.0. The van der Waals surface area contributed by atoms with Crippen LogP contribution in [0.4, 0.5) is 0 Å². The van der Waals surface area contributed by atoms with Crippen LogP contribution >= 0.6 is 0 Å². The number of nitrogens with one attached hydrogen (secondary N) is 1. The first kappa shape index (κ1) is 75.6. The van der Waals surface area contributed by atoms with E-state index in [1.165, 1.54) is 193 Å². The number of ether oxygens (including phenoxy) is 3. The highest BCUT2D eigenvalue weighted by molar-refractivity contribution is 5.80. The fraction of sp³-hybridized carbons (Fsp3) is 0.855. The van der Waals surface area contributed by atoms with Crippen LogP contribution in [0.1, 0.15) is 316 Å². The minimum absolute atomic E-state index is 0.124. The van der Waals surface area contributed by atoms with E-state index in [2.05, 4.69) is 62.5 Å². The van der Waals surface area contributed by atoms with Crippen molar-refractivity contribution in [3.63, 3.8) is 0 Å². The fourth-order valence-corrected chi connectivity index (χ4v) is 10.6. The SMILES string of the molecule is CCCCC/C=C/C=C/CCCCCCCC(O)C(=O)NC(COC1OC(CO)C(O)C(O)C1OC(=O)CCCCCCCCCCCCCCCCC/C=C/CCCCCCCC)C(O)/C=C/CCCCCCCCCCCC. The third-order valence-electron chi connectivity index (χ3n) is 16.0. The summed E-state index contributed by atoms with van der Waals surface area (Å²) >= 11 is 0. The molecule has 0 aromatic heterocycles. The van der Waals surface area contributed by atoms with Gasteiger partial charge < -0.3 is 45.1 Å². The van der Waals surface area contributed by atoms with E-state index in [4.69, 9.17) is 14.2 Å². The molecular weight excluding hydrogens is 1000 g/mol. The summed E-state index contributed by atoms with van der Waals surface area (Å²) in [6, 6.07) is -1.03. The van der Waals surface area contributed by atoms with Crippen molar-refractivity contribution >= 4 is 11.9 Å². The molecule has 1 aliphatic rings. The minimum Gasteiger partial charge on any atom is -0.454 e. The van der Waals surface area contributed by atoms with Crippen LogP contribution in [0, 0.1) is 0 Å². The number of carbonyl (C=O) groups excluding carboxylic acids is 2. The predicted molar refractivity (Wildman–Crippen MR) is 334 cm³/mol. The molecule has 6 N–H and O–H groups in total. The number of allylic oxidation sites excluding steroid dienone is 7. The van der Waals surface area contributed by atoms with Crippen LogP contribution in [0.5, 0.6) is 0 Å². The molecule has 0 bridgehead atoms. The molecule has 11 heteroatoms. The van der Waals surface area contributed by atoms with Crippen LogP contribution in [-0.4, -0.2) is 99.6 Å². The molecule has 1 fully saturated rings. The predicted octanol–water partition coefficient (Wildman–Crippen LogP) is 16.8. The monoisotopic (exact) mass is 1130 g/mol. The summed E-state index contributed by atoms with van der Waals surface area (Å²) in [5, 5.41) is 57.1. The maximum atomic E-state index is 13.4. The van der Waals surface area contributed by atoms with Crippen molar-refractivity contribution in [2.45, 2.75) is 365 Å². The van der Waals surface area contributed by atoms with Gasteiger partial charge in [0.05, 0.1) is 25.4 Å². The van der Waals surface area contributed by atoms with Gasteiger partial charge in [0.1, 0.15) is 24.4 Å². The number of hydrogen-bond acceptors (Lipinski definition) is 10. The van der Waals surface area contributed by atoms with E-state index in [-0.39, 0.29) is 19.4 Å². The van der Waals surface area contributed by atoms with Gasteiger partial charge in [-0.25, -0.2) is 0 Å². The Balaban J connectivity index is 2.57. The lowest BCUT2D eigenvalue weighted by molar-refractivity contribution is -0.305. The molecule has 1 saturated heterocycles. The Morgan fingerprint density at radius 1 is 0.487 bits per heavy atom. The summed E-state index contributed by atoms with van der Waals surface area (Å²) < 4.78 is 17.7. The quantitative estimate of drug-likeness (QED) is 0.0149. The van der Waals surface area contributed by atoms with Crippen molar-refractivity contribution in [2.24, 2.45) is 0 Å². The van der Waals surface area contributed by atoms with Crippen molar-refractivity contribution in [1.29, 1.82) is 0 Å². The van der Waals surface area contributed by atoms with Crippen LogP contribution < -0.4 is 5.32 Å². The third kappa shape index (κ3) is 44.2.